The number of carbonyl (C=O) groups excluding carboxylic acids is 1. The third kappa shape index (κ3) is 2.37. The van der Waals surface area contributed by atoms with Gasteiger partial charge < -0.3 is 9.94 Å². The number of carbonyl (C=O) groups is 1. The summed E-state index contributed by atoms with van der Waals surface area (Å²) in [6.07, 6.45) is 0. The molecule has 1 aliphatic rings. The van der Waals surface area contributed by atoms with Gasteiger partial charge >= 0.3 is 5.97 Å². The molecule has 0 radical (unpaired) electrons. The maximum Gasteiger partial charge on any atom is 0.362 e. The highest BCUT2D eigenvalue weighted by Gasteiger charge is 2.23. The quantitative estimate of drug-likeness (QED) is 0.147. The Bertz CT molecular complexity index is 291. The molecule has 7 nitrogen and oxygen atoms in total. The van der Waals surface area contributed by atoms with Crippen LogP contribution in [-0.2, 0) is 9.53 Å². The van der Waals surface area contributed by atoms with Gasteiger partial charge in [0.15, 0.2) is 0 Å². The molecule has 1 rings (SSSR count). The van der Waals surface area contributed by atoms with Crippen LogP contribution < -0.4 is 11.3 Å². The maximum atomic E-state index is 11.2. The molecule has 0 aromatic heterocycles. The van der Waals surface area contributed by atoms with Crippen LogP contribution in [0.4, 0.5) is 0 Å². The highest BCUT2D eigenvalue weighted by molar-refractivity contribution is 8.00. The Morgan fingerprint density at radius 3 is 3.07 bits per heavy atom. The first-order valence-corrected chi connectivity index (χ1v) is 4.60. The minimum Gasteiger partial charge on any atom is -0.461 e. The van der Waals surface area contributed by atoms with Crippen molar-refractivity contribution in [2.24, 2.45) is 11.0 Å². The smallest absolute Gasteiger partial charge is 0.362 e. The van der Waals surface area contributed by atoms with Gasteiger partial charge in [0.1, 0.15) is 0 Å². The minimum atomic E-state index is -0.704. The third-order valence-electron chi connectivity index (χ3n) is 1.34. The Balaban J connectivity index is 2.69. The van der Waals surface area contributed by atoms with Crippen LogP contribution in [0.2, 0.25) is 0 Å². The molecule has 8 heteroatoms. The summed E-state index contributed by atoms with van der Waals surface area (Å²) in [4.78, 5) is 11.2. The SMILES string of the molecule is CCOC(=O)C(=NO)C1=CSN(N)N1. The van der Waals surface area contributed by atoms with E-state index in [0.717, 1.165) is 11.9 Å². The standard InChI is InChI=1S/C6H10N4O3S/c1-2-13-6(11)5(9-12)4-3-14-10(7)8-4/h3,8,12H,2,7H2,1H3. The van der Waals surface area contributed by atoms with Crippen molar-refractivity contribution in [2.45, 2.75) is 6.92 Å². The number of nitrogens with two attached hydrogens (primary N) is 1. The zero-order valence-corrected chi connectivity index (χ0v) is 8.24. The summed E-state index contributed by atoms with van der Waals surface area (Å²) in [6.45, 7) is 1.87. The fraction of sp³-hybridized carbons (Fsp3) is 0.333. The molecule has 0 unspecified atom stereocenters. The van der Waals surface area contributed by atoms with E-state index in [2.05, 4.69) is 15.3 Å². The molecule has 0 saturated carbocycles. The summed E-state index contributed by atoms with van der Waals surface area (Å²) in [5.41, 5.74) is 2.69. The van der Waals surface area contributed by atoms with Crippen molar-refractivity contribution in [1.82, 2.24) is 9.95 Å². The number of hydrogen-bond acceptors (Lipinski definition) is 8. The van der Waals surface area contributed by atoms with Crippen molar-refractivity contribution in [3.8, 4) is 0 Å². The summed E-state index contributed by atoms with van der Waals surface area (Å²) in [7, 11) is 0. The zero-order valence-electron chi connectivity index (χ0n) is 7.43. The summed E-state index contributed by atoms with van der Waals surface area (Å²) in [5, 5.41) is 13.0. The van der Waals surface area contributed by atoms with Crippen molar-refractivity contribution in [3.05, 3.63) is 11.1 Å². The Hall–Kier alpha value is -1.25. The Labute approximate surface area is 84.6 Å². The fourth-order valence-corrected chi connectivity index (χ4v) is 1.33. The average molecular weight is 218 g/mol. The Morgan fingerprint density at radius 2 is 2.64 bits per heavy atom. The van der Waals surface area contributed by atoms with Gasteiger partial charge in [-0.1, -0.05) is 9.68 Å². The number of hydrazine groups is 2. The second kappa shape index (κ2) is 4.84. The lowest BCUT2D eigenvalue weighted by Crippen LogP contribution is -2.37. The first-order valence-electron chi connectivity index (χ1n) is 3.77. The molecule has 1 heterocycles. The lowest BCUT2D eigenvalue weighted by Gasteiger charge is -2.09. The lowest BCUT2D eigenvalue weighted by molar-refractivity contribution is -0.135. The summed E-state index contributed by atoms with van der Waals surface area (Å²) in [5.74, 6) is 4.63. The molecule has 0 amide bonds. The maximum absolute atomic E-state index is 11.2. The second-order valence-corrected chi connectivity index (χ2v) is 3.08. The monoisotopic (exact) mass is 218 g/mol. The molecule has 0 bridgehead atoms. The van der Waals surface area contributed by atoms with E-state index in [1.807, 2.05) is 0 Å². The van der Waals surface area contributed by atoms with Crippen LogP contribution in [0.25, 0.3) is 0 Å². The molecule has 78 valence electrons. The topological polar surface area (TPSA) is 100 Å². The molecule has 14 heavy (non-hydrogen) atoms. The number of hydrogen-bond donors (Lipinski definition) is 3. The van der Waals surface area contributed by atoms with E-state index in [-0.39, 0.29) is 12.3 Å². The van der Waals surface area contributed by atoms with E-state index in [1.54, 1.807) is 6.92 Å². The van der Waals surface area contributed by atoms with Gasteiger partial charge in [0.25, 0.3) is 0 Å². The van der Waals surface area contributed by atoms with Crippen LogP contribution in [-0.4, -0.2) is 28.0 Å². The van der Waals surface area contributed by atoms with Gasteiger partial charge in [-0.25, -0.2) is 10.6 Å². The van der Waals surface area contributed by atoms with Crippen LogP contribution in [0, 0.1) is 0 Å². The number of oxime groups is 1. The van der Waals surface area contributed by atoms with Gasteiger partial charge in [-0.05, 0) is 18.9 Å². The van der Waals surface area contributed by atoms with Crippen molar-refractivity contribution in [3.63, 3.8) is 0 Å². The molecular weight excluding hydrogens is 208 g/mol. The van der Waals surface area contributed by atoms with Crippen molar-refractivity contribution in [2.75, 3.05) is 6.61 Å². The first kappa shape index (κ1) is 10.8. The highest BCUT2D eigenvalue weighted by Crippen LogP contribution is 2.16. The Kier molecular flexibility index (Phi) is 3.74. The average Bonchev–Trinajstić information content (AvgIpc) is 2.54. The van der Waals surface area contributed by atoms with E-state index >= 15 is 0 Å². The van der Waals surface area contributed by atoms with Gasteiger partial charge in [0.2, 0.25) is 5.71 Å². The van der Waals surface area contributed by atoms with E-state index < -0.39 is 5.97 Å². The molecule has 0 aliphatic carbocycles. The van der Waals surface area contributed by atoms with Crippen LogP contribution in [0.15, 0.2) is 16.3 Å². The largest absolute Gasteiger partial charge is 0.461 e. The molecule has 0 spiro atoms. The Morgan fingerprint density at radius 1 is 1.93 bits per heavy atom. The predicted octanol–water partition coefficient (Wildman–Crippen LogP) is -0.437. The van der Waals surface area contributed by atoms with Gasteiger partial charge in [-0.15, -0.1) is 0 Å². The molecule has 0 aromatic rings. The molecule has 0 aromatic carbocycles. The number of rotatable bonds is 3. The van der Waals surface area contributed by atoms with Crippen molar-refractivity contribution < 1.29 is 14.7 Å². The van der Waals surface area contributed by atoms with Crippen LogP contribution in [0.5, 0.6) is 0 Å². The molecule has 0 fully saturated rings. The number of nitrogens with zero attached hydrogens (tertiary/aromatic N) is 2. The zero-order chi connectivity index (χ0) is 10.6. The van der Waals surface area contributed by atoms with Gasteiger partial charge in [0.05, 0.1) is 12.3 Å². The van der Waals surface area contributed by atoms with Crippen molar-refractivity contribution in [1.29, 1.82) is 0 Å². The minimum absolute atomic E-state index is 0.202. The number of ether oxygens (including phenoxy) is 1. The lowest BCUT2D eigenvalue weighted by atomic mass is 10.3. The number of nitrogens with one attached hydrogen (secondary N) is 1. The van der Waals surface area contributed by atoms with Gasteiger partial charge in [-0.2, -0.15) is 0 Å². The van der Waals surface area contributed by atoms with Crippen molar-refractivity contribution >= 4 is 23.6 Å². The van der Waals surface area contributed by atoms with E-state index in [9.17, 15) is 4.79 Å². The molecule has 0 saturated heterocycles. The third-order valence-corrected chi connectivity index (χ3v) is 2.00. The van der Waals surface area contributed by atoms with Crippen LogP contribution in [0.3, 0.4) is 0 Å². The van der Waals surface area contributed by atoms with Gasteiger partial charge in [0, 0.05) is 5.41 Å². The second-order valence-electron chi connectivity index (χ2n) is 2.24. The fourth-order valence-electron chi connectivity index (χ4n) is 0.794. The van der Waals surface area contributed by atoms with E-state index in [4.69, 9.17) is 11.0 Å². The molecule has 1 aliphatic heterocycles. The summed E-state index contributed by atoms with van der Waals surface area (Å²) >= 11 is 1.12. The predicted molar refractivity (Wildman–Crippen MR) is 50.7 cm³/mol. The van der Waals surface area contributed by atoms with E-state index in [0.29, 0.717) is 5.70 Å². The molecule has 0 atom stereocenters. The van der Waals surface area contributed by atoms with Crippen LogP contribution in [0.1, 0.15) is 6.92 Å². The summed E-state index contributed by atoms with van der Waals surface area (Å²) in [6, 6.07) is 0. The van der Waals surface area contributed by atoms with Crippen LogP contribution >= 0.6 is 11.9 Å². The molecular formula is C6H10N4O3S. The normalized spacial score (nSPS) is 17.6. The molecule has 4 N–H and O–H groups in total. The van der Waals surface area contributed by atoms with E-state index in [1.165, 1.54) is 9.93 Å². The highest BCUT2D eigenvalue weighted by atomic mass is 32.2. The number of esters is 1. The van der Waals surface area contributed by atoms with Gasteiger partial charge in [-0.3, -0.25) is 5.43 Å². The summed E-state index contributed by atoms with van der Waals surface area (Å²) < 4.78 is 5.83. The first-order chi connectivity index (χ1) is 6.69.